The molecule has 0 radical (unpaired) electrons. The number of aliphatic carboxylic acids is 1. The number of thiophene rings is 2. The summed E-state index contributed by atoms with van der Waals surface area (Å²) in [7, 11) is 0. The van der Waals surface area contributed by atoms with Gasteiger partial charge in [-0.05, 0) is 72.3 Å². The molecule has 0 bridgehead atoms. The van der Waals surface area contributed by atoms with Crippen LogP contribution in [0.4, 0.5) is 17.1 Å². The summed E-state index contributed by atoms with van der Waals surface area (Å²) in [6, 6.07) is 38.9. The molecule has 0 atom stereocenters. The van der Waals surface area contributed by atoms with Gasteiger partial charge in [-0.3, -0.25) is 0 Å². The van der Waals surface area contributed by atoms with E-state index in [1.165, 1.54) is 17.4 Å². The van der Waals surface area contributed by atoms with Gasteiger partial charge in [-0.2, -0.15) is 5.26 Å². The number of carboxylic acids is 1. The summed E-state index contributed by atoms with van der Waals surface area (Å²) >= 11 is 3.16. The van der Waals surface area contributed by atoms with E-state index in [9.17, 15) is 4.79 Å². The minimum atomic E-state index is -1.22. The number of hydrogen-bond donors (Lipinski definition) is 1. The highest BCUT2D eigenvalue weighted by atomic mass is 32.1. The number of para-hydroxylation sites is 2. The fourth-order valence-electron chi connectivity index (χ4n) is 3.85. The SMILES string of the molecule is N#C/C(=C/c1ccc(-c2ccc(-c3ccc(N(c4ccccc4)c4ccccc4)cc3)s2)s1)C(=O)O. The van der Waals surface area contributed by atoms with Gasteiger partial charge >= 0.3 is 5.97 Å². The van der Waals surface area contributed by atoms with E-state index >= 15 is 0 Å². The first kappa shape index (κ1) is 23.3. The first-order valence-electron chi connectivity index (χ1n) is 11.2. The number of nitrogens with zero attached hydrogens (tertiary/aromatic N) is 2. The highest BCUT2D eigenvalue weighted by Gasteiger charge is 2.13. The molecule has 0 saturated carbocycles. The maximum absolute atomic E-state index is 11.1. The Hall–Kier alpha value is -4.44. The van der Waals surface area contributed by atoms with E-state index < -0.39 is 5.97 Å². The van der Waals surface area contributed by atoms with Gasteiger partial charge < -0.3 is 10.0 Å². The van der Waals surface area contributed by atoms with Crippen molar-refractivity contribution in [3.05, 3.63) is 120 Å². The van der Waals surface area contributed by atoms with Crippen LogP contribution in [-0.2, 0) is 4.79 Å². The molecule has 0 unspecified atom stereocenters. The van der Waals surface area contributed by atoms with Gasteiger partial charge in [-0.1, -0.05) is 48.5 Å². The molecule has 0 aliphatic heterocycles. The van der Waals surface area contributed by atoms with E-state index in [-0.39, 0.29) is 5.57 Å². The van der Waals surface area contributed by atoms with Gasteiger partial charge in [-0.15, -0.1) is 22.7 Å². The molecule has 36 heavy (non-hydrogen) atoms. The summed E-state index contributed by atoms with van der Waals surface area (Å²) < 4.78 is 0. The number of benzene rings is 3. The van der Waals surface area contributed by atoms with Crippen molar-refractivity contribution >= 4 is 51.8 Å². The maximum Gasteiger partial charge on any atom is 0.346 e. The van der Waals surface area contributed by atoms with E-state index in [0.717, 1.165) is 42.1 Å². The van der Waals surface area contributed by atoms with Crippen LogP contribution < -0.4 is 4.90 Å². The van der Waals surface area contributed by atoms with Crippen molar-refractivity contribution in [2.45, 2.75) is 0 Å². The lowest BCUT2D eigenvalue weighted by molar-refractivity contribution is -0.132. The molecule has 5 aromatic rings. The predicted octanol–water partition coefficient (Wildman–Crippen LogP) is 8.60. The number of hydrogen-bond acceptors (Lipinski definition) is 5. The third kappa shape index (κ3) is 4.98. The highest BCUT2D eigenvalue weighted by molar-refractivity contribution is 7.24. The standard InChI is InChI=1S/C30H20N2O2S2/c31-20-22(30(33)34)19-26-15-16-28(35-26)29-18-17-27(36-29)21-11-13-25(14-12-21)32(23-7-3-1-4-8-23)24-9-5-2-6-10-24/h1-19H,(H,33,34)/b22-19-. The highest BCUT2D eigenvalue weighted by Crippen LogP contribution is 2.40. The Morgan fingerprint density at radius 2 is 1.22 bits per heavy atom. The minimum absolute atomic E-state index is 0.268. The molecule has 0 fully saturated rings. The Labute approximate surface area is 217 Å². The zero-order chi connectivity index (χ0) is 24.9. The molecule has 5 rings (SSSR count). The first-order chi connectivity index (χ1) is 17.6. The lowest BCUT2D eigenvalue weighted by atomic mass is 10.1. The number of carbonyl (C=O) groups is 1. The third-order valence-electron chi connectivity index (χ3n) is 5.55. The number of anilines is 3. The van der Waals surface area contributed by atoms with Gasteiger partial charge in [-0.25, -0.2) is 4.79 Å². The van der Waals surface area contributed by atoms with Crippen LogP contribution >= 0.6 is 22.7 Å². The average Bonchev–Trinajstić information content (AvgIpc) is 3.59. The summed E-state index contributed by atoms with van der Waals surface area (Å²) in [5.74, 6) is -1.22. The van der Waals surface area contributed by atoms with Crippen molar-refractivity contribution in [2.24, 2.45) is 0 Å². The largest absolute Gasteiger partial charge is 0.477 e. The third-order valence-corrected chi connectivity index (χ3v) is 7.91. The molecule has 3 aromatic carbocycles. The molecule has 0 spiro atoms. The molecule has 1 N–H and O–H groups in total. The van der Waals surface area contributed by atoms with Crippen LogP contribution in [0.25, 0.3) is 26.3 Å². The molecule has 2 aromatic heterocycles. The summed E-state index contributed by atoms with van der Waals surface area (Å²) in [5.41, 5.74) is 4.13. The van der Waals surface area contributed by atoms with Crippen LogP contribution in [0, 0.1) is 11.3 Å². The van der Waals surface area contributed by atoms with Gasteiger partial charge in [0.1, 0.15) is 11.6 Å². The van der Waals surface area contributed by atoms with Gasteiger partial charge in [0.25, 0.3) is 0 Å². The lowest BCUT2D eigenvalue weighted by Gasteiger charge is -2.25. The Balaban J connectivity index is 1.41. The monoisotopic (exact) mass is 504 g/mol. The van der Waals surface area contributed by atoms with Crippen molar-refractivity contribution in [2.75, 3.05) is 4.90 Å². The second kappa shape index (κ2) is 10.4. The van der Waals surface area contributed by atoms with E-state index in [1.54, 1.807) is 17.4 Å². The summed E-state index contributed by atoms with van der Waals surface area (Å²) in [6.07, 6.45) is 1.41. The molecule has 2 heterocycles. The van der Waals surface area contributed by atoms with Gasteiger partial charge in [0.05, 0.1) is 0 Å². The topological polar surface area (TPSA) is 64.3 Å². The second-order valence-electron chi connectivity index (χ2n) is 7.89. The fraction of sp³-hybridized carbons (Fsp3) is 0. The molecule has 6 heteroatoms. The molecule has 174 valence electrons. The molecule has 0 aliphatic carbocycles. The molecule has 0 aliphatic rings. The normalized spacial score (nSPS) is 11.1. The van der Waals surface area contributed by atoms with Crippen LogP contribution in [0.2, 0.25) is 0 Å². The van der Waals surface area contributed by atoms with Gasteiger partial charge in [0.15, 0.2) is 0 Å². The quantitative estimate of drug-likeness (QED) is 0.178. The van der Waals surface area contributed by atoms with E-state index in [2.05, 4.69) is 65.6 Å². The van der Waals surface area contributed by atoms with Crippen molar-refractivity contribution in [1.82, 2.24) is 0 Å². The van der Waals surface area contributed by atoms with E-state index in [4.69, 9.17) is 10.4 Å². The lowest BCUT2D eigenvalue weighted by Crippen LogP contribution is -2.09. The molecule has 0 amide bonds. The molecule has 4 nitrogen and oxygen atoms in total. The molecular formula is C30H20N2O2S2. The Kier molecular flexibility index (Phi) is 6.76. The Morgan fingerprint density at radius 3 is 1.81 bits per heavy atom. The predicted molar refractivity (Wildman–Crippen MR) is 149 cm³/mol. The molecular weight excluding hydrogens is 484 g/mol. The number of rotatable bonds is 7. The van der Waals surface area contributed by atoms with Gasteiger partial charge in [0.2, 0.25) is 0 Å². The Bertz CT molecular complexity index is 1520. The van der Waals surface area contributed by atoms with Crippen LogP contribution in [0.15, 0.2) is 115 Å². The average molecular weight is 505 g/mol. The number of nitriles is 1. The van der Waals surface area contributed by atoms with Crippen molar-refractivity contribution < 1.29 is 9.90 Å². The van der Waals surface area contributed by atoms with Crippen molar-refractivity contribution in [1.29, 1.82) is 5.26 Å². The fourth-order valence-corrected chi connectivity index (χ4v) is 5.90. The number of carboxylic acid groups (broad SMARTS) is 1. The van der Waals surface area contributed by atoms with Gasteiger partial charge in [0, 0.05) is 36.6 Å². The summed E-state index contributed by atoms with van der Waals surface area (Å²) in [6.45, 7) is 0. The van der Waals surface area contributed by atoms with Crippen LogP contribution in [0.3, 0.4) is 0 Å². The zero-order valence-electron chi connectivity index (χ0n) is 19.0. The summed E-state index contributed by atoms with van der Waals surface area (Å²) in [4.78, 5) is 17.4. The Morgan fingerprint density at radius 1 is 0.694 bits per heavy atom. The smallest absolute Gasteiger partial charge is 0.346 e. The first-order valence-corrected chi connectivity index (χ1v) is 12.8. The van der Waals surface area contributed by atoms with Crippen LogP contribution in [0.1, 0.15) is 4.88 Å². The van der Waals surface area contributed by atoms with Crippen molar-refractivity contribution in [3.63, 3.8) is 0 Å². The van der Waals surface area contributed by atoms with Crippen molar-refractivity contribution in [3.8, 4) is 26.3 Å². The van der Waals surface area contributed by atoms with E-state index in [1.807, 2.05) is 48.5 Å². The molecule has 0 saturated heterocycles. The second-order valence-corrected chi connectivity index (χ2v) is 10.1. The summed E-state index contributed by atoms with van der Waals surface area (Å²) in [5, 5.41) is 18.1. The van der Waals surface area contributed by atoms with E-state index in [0.29, 0.717) is 0 Å². The van der Waals surface area contributed by atoms with Crippen LogP contribution in [-0.4, -0.2) is 11.1 Å². The van der Waals surface area contributed by atoms with Crippen LogP contribution in [0.5, 0.6) is 0 Å². The minimum Gasteiger partial charge on any atom is -0.477 e. The maximum atomic E-state index is 11.1. The zero-order valence-corrected chi connectivity index (χ0v) is 20.7.